The molecule has 0 fully saturated rings. The molecule has 3 aromatic carbocycles. The van der Waals surface area contributed by atoms with Crippen molar-refractivity contribution < 1.29 is 13.5 Å². The normalized spacial score (nSPS) is 12.7. The number of aromatic nitrogens is 1. The molecule has 0 amide bonds. The molecule has 0 aliphatic heterocycles. The van der Waals surface area contributed by atoms with E-state index in [2.05, 4.69) is 0 Å². The fourth-order valence-electron chi connectivity index (χ4n) is 4.07. The zero-order valence-electron chi connectivity index (χ0n) is 18.3. The highest BCUT2D eigenvalue weighted by Gasteiger charge is 2.23. The summed E-state index contributed by atoms with van der Waals surface area (Å²) < 4.78 is 25.2. The second kappa shape index (κ2) is 9.14. The molecule has 4 aromatic rings. The molecule has 7 heteroatoms. The lowest BCUT2D eigenvalue weighted by Crippen LogP contribution is -2.27. The number of benzene rings is 3. The van der Waals surface area contributed by atoms with Gasteiger partial charge in [0, 0.05) is 22.2 Å². The second-order valence-corrected chi connectivity index (χ2v) is 10.5. The van der Waals surface area contributed by atoms with Crippen LogP contribution in [0.1, 0.15) is 30.7 Å². The third-order valence-corrected chi connectivity index (χ3v) is 7.09. The van der Waals surface area contributed by atoms with Gasteiger partial charge in [0.1, 0.15) is 0 Å². The maximum absolute atomic E-state index is 13.6. The molecule has 0 spiro atoms. The van der Waals surface area contributed by atoms with E-state index in [4.69, 9.17) is 11.6 Å². The molecule has 0 radical (unpaired) electrons. The molecule has 1 unspecified atom stereocenters. The Bertz CT molecular complexity index is 1480. The Labute approximate surface area is 197 Å². The van der Waals surface area contributed by atoms with Gasteiger partial charge in [-0.15, -0.1) is 0 Å². The summed E-state index contributed by atoms with van der Waals surface area (Å²) in [6.45, 7) is 2.05. The summed E-state index contributed by atoms with van der Waals surface area (Å²) in [4.78, 5) is 13.8. The lowest BCUT2D eigenvalue weighted by molar-refractivity contribution is 0.164. The van der Waals surface area contributed by atoms with E-state index in [1.54, 1.807) is 34.9 Å². The number of rotatable bonds is 6. The number of fused-ring (bicyclic) bond motifs is 1. The van der Waals surface area contributed by atoms with Crippen molar-refractivity contribution in [1.82, 2.24) is 4.57 Å². The maximum atomic E-state index is 13.6. The Balaban J connectivity index is 2.02. The maximum Gasteiger partial charge on any atom is 0.259 e. The van der Waals surface area contributed by atoms with Crippen LogP contribution in [0.15, 0.2) is 82.5 Å². The quantitative estimate of drug-likeness (QED) is 0.409. The number of hydrogen-bond donors (Lipinski definition) is 1. The number of sulfone groups is 1. The summed E-state index contributed by atoms with van der Waals surface area (Å²) >= 11 is 6.30. The summed E-state index contributed by atoms with van der Waals surface area (Å²) in [5, 5.41) is 12.8. The zero-order valence-corrected chi connectivity index (χ0v) is 19.9. The molecule has 0 saturated carbocycles. The fraction of sp³-hybridized carbons (Fsp3) is 0.192. The van der Waals surface area contributed by atoms with E-state index >= 15 is 0 Å². The Morgan fingerprint density at radius 2 is 1.64 bits per heavy atom. The van der Waals surface area contributed by atoms with Crippen LogP contribution < -0.4 is 5.56 Å². The van der Waals surface area contributed by atoms with Crippen molar-refractivity contribution in [3.8, 4) is 11.1 Å². The Hall–Kier alpha value is -2.93. The first-order valence-electron chi connectivity index (χ1n) is 10.6. The number of hydrogen-bond acceptors (Lipinski definition) is 4. The Kier molecular flexibility index (Phi) is 6.43. The van der Waals surface area contributed by atoms with Gasteiger partial charge in [-0.25, -0.2) is 8.42 Å². The van der Waals surface area contributed by atoms with Crippen molar-refractivity contribution in [1.29, 1.82) is 0 Å². The van der Waals surface area contributed by atoms with Crippen LogP contribution in [0.3, 0.4) is 0 Å². The molecular formula is C26H24ClNO4S. The van der Waals surface area contributed by atoms with Crippen LogP contribution >= 0.6 is 11.6 Å². The lowest BCUT2D eigenvalue weighted by atomic mass is 9.93. The zero-order chi connectivity index (χ0) is 23.8. The standard InChI is InChI=1S/C26H24ClNO4S/c1-3-23(29)25-24(18-7-5-4-6-8-18)22-15-19(27)11-14-21(22)26(30)28(25)16-17-9-12-20(13-10-17)33(2,31)32/h4-15,23,29H,3,16H2,1-2H3. The van der Waals surface area contributed by atoms with Gasteiger partial charge in [0.2, 0.25) is 0 Å². The van der Waals surface area contributed by atoms with Crippen molar-refractivity contribution in [2.45, 2.75) is 30.9 Å². The minimum atomic E-state index is -3.32. The molecule has 0 aliphatic carbocycles. The van der Waals surface area contributed by atoms with Crippen LogP contribution in [-0.2, 0) is 16.4 Å². The third-order valence-electron chi connectivity index (χ3n) is 5.73. The van der Waals surface area contributed by atoms with E-state index in [0.717, 1.165) is 22.9 Å². The van der Waals surface area contributed by atoms with Crippen molar-refractivity contribution >= 4 is 32.2 Å². The molecular weight excluding hydrogens is 458 g/mol. The van der Waals surface area contributed by atoms with E-state index in [9.17, 15) is 18.3 Å². The summed E-state index contributed by atoms with van der Waals surface area (Å²) in [5.74, 6) is 0. The first-order chi connectivity index (χ1) is 15.7. The molecule has 1 N–H and O–H groups in total. The molecule has 0 saturated heterocycles. The number of aliphatic hydroxyl groups excluding tert-OH is 1. The summed E-state index contributed by atoms with van der Waals surface area (Å²) in [5.41, 5.74) is 2.65. The Morgan fingerprint density at radius 3 is 2.24 bits per heavy atom. The molecule has 1 aromatic heterocycles. The summed E-state index contributed by atoms with van der Waals surface area (Å²) in [7, 11) is -3.32. The van der Waals surface area contributed by atoms with Crippen molar-refractivity contribution in [3.63, 3.8) is 0 Å². The largest absolute Gasteiger partial charge is 0.387 e. The molecule has 33 heavy (non-hydrogen) atoms. The number of halogens is 1. The average Bonchev–Trinajstić information content (AvgIpc) is 2.80. The first-order valence-corrected chi connectivity index (χ1v) is 12.9. The molecule has 4 rings (SSSR count). The number of aliphatic hydroxyl groups is 1. The topological polar surface area (TPSA) is 76.4 Å². The lowest BCUT2D eigenvalue weighted by Gasteiger charge is -2.23. The van der Waals surface area contributed by atoms with E-state index < -0.39 is 15.9 Å². The molecule has 170 valence electrons. The average molecular weight is 482 g/mol. The van der Waals surface area contributed by atoms with Gasteiger partial charge in [-0.2, -0.15) is 0 Å². The van der Waals surface area contributed by atoms with Gasteiger partial charge >= 0.3 is 0 Å². The van der Waals surface area contributed by atoms with E-state index in [1.165, 1.54) is 12.1 Å². The molecule has 0 bridgehead atoms. The van der Waals surface area contributed by atoms with E-state index in [1.807, 2.05) is 37.3 Å². The van der Waals surface area contributed by atoms with Crippen LogP contribution in [-0.4, -0.2) is 24.3 Å². The van der Waals surface area contributed by atoms with Crippen LogP contribution in [0.2, 0.25) is 5.02 Å². The molecule has 1 heterocycles. The fourth-order valence-corrected chi connectivity index (χ4v) is 4.87. The van der Waals surface area contributed by atoms with Gasteiger partial charge in [0.05, 0.1) is 23.2 Å². The predicted molar refractivity (Wildman–Crippen MR) is 133 cm³/mol. The first kappa shape index (κ1) is 23.2. The SMILES string of the molecule is CCC(O)c1c(-c2ccccc2)c2cc(Cl)ccc2c(=O)n1Cc1ccc(S(C)(=O)=O)cc1. The predicted octanol–water partition coefficient (Wildman–Crippen LogP) is 5.22. The highest BCUT2D eigenvalue weighted by molar-refractivity contribution is 7.90. The van der Waals surface area contributed by atoms with Crippen LogP contribution in [0.25, 0.3) is 21.9 Å². The van der Waals surface area contributed by atoms with E-state index in [-0.39, 0.29) is 17.0 Å². The van der Waals surface area contributed by atoms with Gasteiger partial charge in [-0.1, -0.05) is 61.0 Å². The highest BCUT2D eigenvalue weighted by Crippen LogP contribution is 2.36. The monoisotopic (exact) mass is 481 g/mol. The van der Waals surface area contributed by atoms with Crippen molar-refractivity contribution in [3.05, 3.63) is 99.4 Å². The van der Waals surface area contributed by atoms with Crippen LogP contribution in [0, 0.1) is 0 Å². The van der Waals surface area contributed by atoms with Crippen LogP contribution in [0.4, 0.5) is 0 Å². The van der Waals surface area contributed by atoms with Crippen LogP contribution in [0.5, 0.6) is 0 Å². The van der Waals surface area contributed by atoms with Gasteiger partial charge in [0.15, 0.2) is 9.84 Å². The number of nitrogens with zero attached hydrogens (tertiary/aromatic N) is 1. The second-order valence-electron chi connectivity index (χ2n) is 8.05. The van der Waals surface area contributed by atoms with Gasteiger partial charge in [0.25, 0.3) is 5.56 Å². The highest BCUT2D eigenvalue weighted by atomic mass is 35.5. The minimum absolute atomic E-state index is 0.188. The Morgan fingerprint density at radius 1 is 0.970 bits per heavy atom. The summed E-state index contributed by atoms with van der Waals surface area (Å²) in [6.07, 6.45) is 0.688. The minimum Gasteiger partial charge on any atom is -0.387 e. The van der Waals surface area contributed by atoms with Gasteiger partial charge in [-0.05, 0) is 53.3 Å². The molecule has 1 atom stereocenters. The van der Waals surface area contributed by atoms with E-state index in [0.29, 0.717) is 27.9 Å². The number of pyridine rings is 1. The van der Waals surface area contributed by atoms with Gasteiger partial charge < -0.3 is 9.67 Å². The molecule has 0 aliphatic rings. The molecule has 5 nitrogen and oxygen atoms in total. The smallest absolute Gasteiger partial charge is 0.259 e. The third kappa shape index (κ3) is 4.60. The summed E-state index contributed by atoms with van der Waals surface area (Å²) in [6, 6.07) is 21.2. The van der Waals surface area contributed by atoms with Crippen molar-refractivity contribution in [2.24, 2.45) is 0 Å². The van der Waals surface area contributed by atoms with Gasteiger partial charge in [-0.3, -0.25) is 4.79 Å². The van der Waals surface area contributed by atoms with Crippen molar-refractivity contribution in [2.75, 3.05) is 6.26 Å².